The molecule has 1 saturated heterocycles. The second-order valence-electron chi connectivity index (χ2n) is 6.21. The van der Waals surface area contributed by atoms with Crippen LogP contribution in [0.15, 0.2) is 18.2 Å². The highest BCUT2D eigenvalue weighted by molar-refractivity contribution is 6.31. The van der Waals surface area contributed by atoms with Crippen LogP contribution in [0.5, 0.6) is 0 Å². The van der Waals surface area contributed by atoms with Crippen LogP contribution in [-0.2, 0) is 0 Å². The van der Waals surface area contributed by atoms with Crippen LogP contribution in [0.2, 0.25) is 5.02 Å². The predicted molar refractivity (Wildman–Crippen MR) is 86.6 cm³/mol. The van der Waals surface area contributed by atoms with Gasteiger partial charge in [0, 0.05) is 17.8 Å². The van der Waals surface area contributed by atoms with Gasteiger partial charge < -0.3 is 10.6 Å². The van der Waals surface area contributed by atoms with E-state index < -0.39 is 0 Å². The highest BCUT2D eigenvalue weighted by Gasteiger charge is 2.33. The van der Waals surface area contributed by atoms with E-state index in [2.05, 4.69) is 16.7 Å². The van der Waals surface area contributed by atoms with Crippen molar-refractivity contribution < 1.29 is 0 Å². The molecule has 3 rings (SSSR count). The van der Waals surface area contributed by atoms with E-state index in [-0.39, 0.29) is 0 Å². The summed E-state index contributed by atoms with van der Waals surface area (Å²) >= 11 is 6.01. The van der Waals surface area contributed by atoms with E-state index in [1.165, 1.54) is 38.5 Å². The SMILES string of the molecule is N#Cc1cc(NC2CCCCC2C2CCCN2)ccc1Cl. The molecular formula is C17H22ClN3. The lowest BCUT2D eigenvalue weighted by atomic mass is 9.79. The van der Waals surface area contributed by atoms with Crippen molar-refractivity contribution in [2.45, 2.75) is 50.6 Å². The molecule has 1 heterocycles. The summed E-state index contributed by atoms with van der Waals surface area (Å²) in [5, 5.41) is 16.9. The van der Waals surface area contributed by atoms with E-state index in [9.17, 15) is 0 Å². The minimum absolute atomic E-state index is 0.502. The molecule has 2 N–H and O–H groups in total. The molecule has 1 aromatic carbocycles. The maximum atomic E-state index is 9.10. The fourth-order valence-corrected chi connectivity index (χ4v) is 3.97. The van der Waals surface area contributed by atoms with Gasteiger partial charge in [0.05, 0.1) is 10.6 Å². The number of anilines is 1. The van der Waals surface area contributed by atoms with Crippen LogP contribution in [-0.4, -0.2) is 18.6 Å². The van der Waals surface area contributed by atoms with Crippen LogP contribution in [0.1, 0.15) is 44.1 Å². The predicted octanol–water partition coefficient (Wildman–Crippen LogP) is 3.93. The molecule has 3 atom stereocenters. The molecule has 1 aromatic rings. The summed E-state index contributed by atoms with van der Waals surface area (Å²) in [5.74, 6) is 0.697. The second-order valence-corrected chi connectivity index (χ2v) is 6.62. The van der Waals surface area contributed by atoms with Gasteiger partial charge >= 0.3 is 0 Å². The minimum atomic E-state index is 0.502. The Bertz CT molecular complexity index is 531. The van der Waals surface area contributed by atoms with Gasteiger partial charge in [0.25, 0.3) is 0 Å². The minimum Gasteiger partial charge on any atom is -0.382 e. The van der Waals surface area contributed by atoms with Gasteiger partial charge in [-0.2, -0.15) is 5.26 Å². The summed E-state index contributed by atoms with van der Waals surface area (Å²) in [6.45, 7) is 1.16. The van der Waals surface area contributed by atoms with Gasteiger partial charge in [-0.3, -0.25) is 0 Å². The molecule has 1 saturated carbocycles. The fraction of sp³-hybridized carbons (Fsp3) is 0.588. The van der Waals surface area contributed by atoms with E-state index in [0.717, 1.165) is 12.2 Å². The first kappa shape index (κ1) is 14.7. The van der Waals surface area contributed by atoms with Crippen LogP contribution >= 0.6 is 11.6 Å². The maximum absolute atomic E-state index is 9.10. The molecule has 3 unspecified atom stereocenters. The number of nitrogens with one attached hydrogen (secondary N) is 2. The Morgan fingerprint density at radius 1 is 1.19 bits per heavy atom. The molecule has 0 spiro atoms. The number of benzene rings is 1. The Morgan fingerprint density at radius 2 is 2.05 bits per heavy atom. The Hall–Kier alpha value is -1.24. The normalized spacial score (nSPS) is 29.0. The average molecular weight is 304 g/mol. The summed E-state index contributed by atoms with van der Waals surface area (Å²) in [5.41, 5.74) is 1.57. The largest absolute Gasteiger partial charge is 0.382 e. The van der Waals surface area contributed by atoms with Gasteiger partial charge in [-0.25, -0.2) is 0 Å². The quantitative estimate of drug-likeness (QED) is 0.889. The monoisotopic (exact) mass is 303 g/mol. The zero-order valence-corrected chi connectivity index (χ0v) is 13.0. The lowest BCUT2D eigenvalue weighted by Gasteiger charge is -2.36. The van der Waals surface area contributed by atoms with Crippen LogP contribution < -0.4 is 10.6 Å². The number of hydrogen-bond acceptors (Lipinski definition) is 3. The van der Waals surface area contributed by atoms with Crippen molar-refractivity contribution in [2.75, 3.05) is 11.9 Å². The van der Waals surface area contributed by atoms with Gasteiger partial charge in [0.15, 0.2) is 0 Å². The average Bonchev–Trinajstić information content (AvgIpc) is 3.04. The summed E-state index contributed by atoms with van der Waals surface area (Å²) in [6.07, 6.45) is 7.74. The molecule has 4 heteroatoms. The summed E-state index contributed by atoms with van der Waals surface area (Å²) < 4.78 is 0. The van der Waals surface area contributed by atoms with Crippen molar-refractivity contribution in [2.24, 2.45) is 5.92 Å². The van der Waals surface area contributed by atoms with Gasteiger partial charge in [0.1, 0.15) is 6.07 Å². The molecule has 0 aromatic heterocycles. The van der Waals surface area contributed by atoms with E-state index in [1.54, 1.807) is 0 Å². The Labute approximate surface area is 131 Å². The Kier molecular flexibility index (Phi) is 4.67. The van der Waals surface area contributed by atoms with E-state index >= 15 is 0 Å². The van der Waals surface area contributed by atoms with Gasteiger partial charge in [-0.1, -0.05) is 24.4 Å². The molecule has 1 aliphatic heterocycles. The zero-order valence-electron chi connectivity index (χ0n) is 12.2. The topological polar surface area (TPSA) is 47.9 Å². The number of hydrogen-bond donors (Lipinski definition) is 2. The van der Waals surface area contributed by atoms with Gasteiger partial charge in [-0.15, -0.1) is 0 Å². The standard InChI is InChI=1S/C17H22ClN3/c18-15-8-7-13(10-12(15)11-19)21-17-5-2-1-4-14(17)16-6-3-9-20-16/h7-8,10,14,16-17,20-21H,1-6,9H2. The highest BCUT2D eigenvalue weighted by Crippen LogP contribution is 2.33. The highest BCUT2D eigenvalue weighted by atomic mass is 35.5. The van der Waals surface area contributed by atoms with Crippen molar-refractivity contribution >= 4 is 17.3 Å². The second kappa shape index (κ2) is 6.68. The van der Waals surface area contributed by atoms with Crippen LogP contribution in [0.4, 0.5) is 5.69 Å². The number of nitriles is 1. The van der Waals surface area contributed by atoms with E-state index in [0.29, 0.717) is 28.6 Å². The zero-order chi connectivity index (χ0) is 14.7. The summed E-state index contributed by atoms with van der Waals surface area (Å²) in [6, 6.07) is 8.98. The lowest BCUT2D eigenvalue weighted by molar-refractivity contribution is 0.263. The molecular weight excluding hydrogens is 282 g/mol. The number of rotatable bonds is 3. The molecule has 2 fully saturated rings. The molecule has 0 bridgehead atoms. The van der Waals surface area contributed by atoms with Crippen LogP contribution in [0.3, 0.4) is 0 Å². The van der Waals surface area contributed by atoms with Crippen LogP contribution in [0, 0.1) is 17.2 Å². The molecule has 112 valence electrons. The smallest absolute Gasteiger partial charge is 0.101 e. The number of halogens is 1. The van der Waals surface area contributed by atoms with Gasteiger partial charge in [0.2, 0.25) is 0 Å². The van der Waals surface area contributed by atoms with Gasteiger partial charge in [-0.05, 0) is 56.3 Å². The third-order valence-electron chi connectivity index (χ3n) is 4.87. The Morgan fingerprint density at radius 3 is 2.81 bits per heavy atom. The molecule has 3 nitrogen and oxygen atoms in total. The van der Waals surface area contributed by atoms with Crippen molar-refractivity contribution in [1.29, 1.82) is 5.26 Å². The third kappa shape index (κ3) is 3.33. The molecule has 2 aliphatic rings. The Balaban J connectivity index is 1.73. The molecule has 21 heavy (non-hydrogen) atoms. The summed E-state index contributed by atoms with van der Waals surface area (Å²) in [7, 11) is 0. The lowest BCUT2D eigenvalue weighted by Crippen LogP contribution is -2.43. The van der Waals surface area contributed by atoms with Crippen molar-refractivity contribution in [3.05, 3.63) is 28.8 Å². The fourth-order valence-electron chi connectivity index (χ4n) is 3.81. The first-order valence-corrected chi connectivity index (χ1v) is 8.35. The van der Waals surface area contributed by atoms with E-state index in [4.69, 9.17) is 16.9 Å². The molecule has 1 aliphatic carbocycles. The third-order valence-corrected chi connectivity index (χ3v) is 5.20. The van der Waals surface area contributed by atoms with Crippen molar-refractivity contribution in [1.82, 2.24) is 5.32 Å². The molecule has 0 radical (unpaired) electrons. The van der Waals surface area contributed by atoms with Crippen molar-refractivity contribution in [3.63, 3.8) is 0 Å². The van der Waals surface area contributed by atoms with E-state index in [1.807, 2.05) is 18.2 Å². The molecule has 0 amide bonds. The summed E-state index contributed by atoms with van der Waals surface area (Å²) in [4.78, 5) is 0. The van der Waals surface area contributed by atoms with Crippen molar-refractivity contribution in [3.8, 4) is 6.07 Å². The maximum Gasteiger partial charge on any atom is 0.101 e. The number of nitrogens with zero attached hydrogens (tertiary/aromatic N) is 1. The first-order valence-electron chi connectivity index (χ1n) is 7.97. The van der Waals surface area contributed by atoms with Crippen LogP contribution in [0.25, 0.3) is 0 Å². The first-order chi connectivity index (χ1) is 10.3.